The van der Waals surface area contributed by atoms with Crippen LogP contribution in [0, 0.1) is 0 Å². The minimum absolute atomic E-state index is 0.0155. The molecule has 0 aliphatic heterocycles. The molecule has 0 aliphatic rings. The molecule has 0 amide bonds. The molecule has 0 aromatic carbocycles. The van der Waals surface area contributed by atoms with Crippen LogP contribution in [0.3, 0.4) is 0 Å². The van der Waals surface area contributed by atoms with Gasteiger partial charge < -0.3 is 19.7 Å². The van der Waals surface area contributed by atoms with Crippen LogP contribution < -0.4 is 0 Å². The number of ether oxygens (including phenoxy) is 2. The summed E-state index contributed by atoms with van der Waals surface area (Å²) in [5.74, 6) is 0. The van der Waals surface area contributed by atoms with Gasteiger partial charge in [0.2, 0.25) is 0 Å². The third-order valence-electron chi connectivity index (χ3n) is 5.59. The number of aliphatic hydroxyl groups excluding tert-OH is 2. The van der Waals surface area contributed by atoms with Gasteiger partial charge in [0.1, 0.15) is 0 Å². The number of hydrogen-bond donors (Lipinski definition) is 2. The summed E-state index contributed by atoms with van der Waals surface area (Å²) >= 11 is 0. The molecule has 33 heavy (non-hydrogen) atoms. The van der Waals surface area contributed by atoms with Crippen molar-refractivity contribution in [3.05, 3.63) is 0 Å². The quantitative estimate of drug-likeness (QED) is 0.110. The maximum absolute atomic E-state index is 8.74. The summed E-state index contributed by atoms with van der Waals surface area (Å²) in [6, 6.07) is 0. The number of nitrogens with zero attached hydrogens (tertiary/aromatic N) is 1. The lowest BCUT2D eigenvalue weighted by molar-refractivity contribution is -0.372. The summed E-state index contributed by atoms with van der Waals surface area (Å²) in [5.41, 5.74) is 0. The molecule has 0 heterocycles. The van der Waals surface area contributed by atoms with Gasteiger partial charge in [-0.15, -0.1) is 0 Å². The Hall–Kier alpha value is -0.280. The molecule has 0 spiro atoms. The molecule has 7 heteroatoms. The predicted molar refractivity (Wildman–Crippen MR) is 134 cm³/mol. The van der Waals surface area contributed by atoms with Crippen molar-refractivity contribution >= 4 is 0 Å². The first-order valence-electron chi connectivity index (χ1n) is 13.8. The van der Waals surface area contributed by atoms with E-state index < -0.39 is 0 Å². The molecular formula is C26H55NO6. The van der Waals surface area contributed by atoms with Crippen molar-refractivity contribution in [1.82, 2.24) is 5.23 Å². The Bertz CT molecular complexity index is 335. The molecule has 200 valence electrons. The molecule has 0 radical (unpaired) electrons. The van der Waals surface area contributed by atoms with Gasteiger partial charge in [0.15, 0.2) is 0 Å². The minimum Gasteiger partial charge on any atom is -0.394 e. The van der Waals surface area contributed by atoms with E-state index in [1.54, 1.807) is 0 Å². The second-order valence-electron chi connectivity index (χ2n) is 8.70. The lowest BCUT2D eigenvalue weighted by atomic mass is 10.0. The van der Waals surface area contributed by atoms with Crippen molar-refractivity contribution in [3.63, 3.8) is 0 Å². The van der Waals surface area contributed by atoms with Crippen molar-refractivity contribution in [3.8, 4) is 0 Å². The molecule has 0 aromatic heterocycles. The van der Waals surface area contributed by atoms with E-state index in [4.69, 9.17) is 29.4 Å². The van der Waals surface area contributed by atoms with E-state index in [-0.39, 0.29) is 13.2 Å². The highest BCUT2D eigenvalue weighted by atomic mass is 16.9. The molecule has 0 saturated carbocycles. The number of unbranched alkanes of at least 4 members (excludes halogenated alkanes) is 15. The van der Waals surface area contributed by atoms with Gasteiger partial charge in [-0.05, 0) is 6.42 Å². The van der Waals surface area contributed by atoms with E-state index in [9.17, 15) is 0 Å². The fourth-order valence-corrected chi connectivity index (χ4v) is 3.68. The first-order chi connectivity index (χ1) is 16.3. The zero-order valence-corrected chi connectivity index (χ0v) is 21.7. The van der Waals surface area contributed by atoms with Gasteiger partial charge in [-0.25, -0.2) is 0 Å². The molecule has 7 nitrogen and oxygen atoms in total. The molecule has 2 N–H and O–H groups in total. The van der Waals surface area contributed by atoms with Crippen LogP contribution in [0.2, 0.25) is 0 Å². The van der Waals surface area contributed by atoms with Crippen LogP contribution in [-0.4, -0.2) is 74.8 Å². The standard InChI is InChI=1S/C26H55NO6/c1-2-3-4-5-6-7-8-9-10-11-12-13-14-15-16-17-18-27(32-25-23-30-21-19-28)33-26-24-31-22-20-29/h28-29H,2-26H2,1H3. The van der Waals surface area contributed by atoms with Crippen molar-refractivity contribution in [2.45, 2.75) is 110 Å². The van der Waals surface area contributed by atoms with Crippen LogP contribution in [-0.2, 0) is 19.1 Å². The number of rotatable bonds is 29. The molecular weight excluding hydrogens is 422 g/mol. The molecule has 0 aliphatic carbocycles. The van der Waals surface area contributed by atoms with Gasteiger partial charge in [0, 0.05) is 0 Å². The lowest BCUT2D eigenvalue weighted by Crippen LogP contribution is -2.29. The Kier molecular flexibility index (Phi) is 29.5. The third kappa shape index (κ3) is 27.8. The number of hydroxylamine groups is 2. The van der Waals surface area contributed by atoms with E-state index >= 15 is 0 Å². The summed E-state index contributed by atoms with van der Waals surface area (Å²) in [5, 5.41) is 19.0. The first kappa shape index (κ1) is 32.7. The average molecular weight is 478 g/mol. The zero-order chi connectivity index (χ0) is 24.1. The van der Waals surface area contributed by atoms with Crippen LogP contribution in [0.4, 0.5) is 0 Å². The van der Waals surface area contributed by atoms with Gasteiger partial charge in [-0.3, -0.25) is 9.68 Å². The van der Waals surface area contributed by atoms with Gasteiger partial charge in [0.05, 0.1) is 59.4 Å². The van der Waals surface area contributed by atoms with Crippen molar-refractivity contribution in [2.75, 3.05) is 59.4 Å². The maximum atomic E-state index is 8.74. The fourth-order valence-electron chi connectivity index (χ4n) is 3.68. The number of aliphatic hydroxyl groups is 2. The smallest absolute Gasteiger partial charge is 0.0945 e. The Morgan fingerprint density at radius 2 is 0.818 bits per heavy atom. The Morgan fingerprint density at radius 3 is 1.18 bits per heavy atom. The van der Waals surface area contributed by atoms with Gasteiger partial charge >= 0.3 is 0 Å². The molecule has 0 unspecified atom stereocenters. The van der Waals surface area contributed by atoms with Gasteiger partial charge in [-0.1, -0.05) is 108 Å². The summed E-state index contributed by atoms with van der Waals surface area (Å²) in [4.78, 5) is 11.2. The first-order valence-corrected chi connectivity index (χ1v) is 13.8. The highest BCUT2D eigenvalue weighted by molar-refractivity contribution is 4.50. The normalized spacial score (nSPS) is 11.6. The summed E-state index contributed by atoms with van der Waals surface area (Å²) < 4.78 is 10.4. The van der Waals surface area contributed by atoms with Crippen LogP contribution in [0.5, 0.6) is 0 Å². The second kappa shape index (κ2) is 29.8. The highest BCUT2D eigenvalue weighted by Gasteiger charge is 2.06. The van der Waals surface area contributed by atoms with Crippen LogP contribution in [0.15, 0.2) is 0 Å². The highest BCUT2D eigenvalue weighted by Crippen LogP contribution is 2.14. The van der Waals surface area contributed by atoms with Crippen LogP contribution in [0.25, 0.3) is 0 Å². The average Bonchev–Trinajstić information content (AvgIpc) is 2.83. The molecule has 0 saturated heterocycles. The fraction of sp³-hybridized carbons (Fsp3) is 1.00. The Balaban J connectivity index is 3.54. The molecule has 0 bridgehead atoms. The lowest BCUT2D eigenvalue weighted by Gasteiger charge is -2.21. The predicted octanol–water partition coefficient (Wildman–Crippen LogP) is 5.43. The topological polar surface area (TPSA) is 80.6 Å². The van der Waals surface area contributed by atoms with Crippen LogP contribution in [0.1, 0.15) is 110 Å². The van der Waals surface area contributed by atoms with E-state index in [1.807, 2.05) is 0 Å². The Labute approximate surface area is 204 Å². The molecule has 0 rings (SSSR count). The zero-order valence-electron chi connectivity index (χ0n) is 21.7. The number of hydrogen-bond acceptors (Lipinski definition) is 7. The largest absolute Gasteiger partial charge is 0.394 e. The molecule has 0 fully saturated rings. The summed E-state index contributed by atoms with van der Waals surface area (Å²) in [7, 11) is 0. The summed E-state index contributed by atoms with van der Waals surface area (Å²) in [6.07, 6.45) is 21.6. The van der Waals surface area contributed by atoms with E-state index in [0.717, 1.165) is 6.42 Å². The van der Waals surface area contributed by atoms with E-state index in [2.05, 4.69) is 6.92 Å². The van der Waals surface area contributed by atoms with Crippen LogP contribution >= 0.6 is 0 Å². The monoisotopic (exact) mass is 477 g/mol. The van der Waals surface area contributed by atoms with Gasteiger partial charge in [-0.2, -0.15) is 0 Å². The summed E-state index contributed by atoms with van der Waals surface area (Å²) in [6.45, 7) is 5.26. The molecule has 0 atom stereocenters. The minimum atomic E-state index is 0.0155. The van der Waals surface area contributed by atoms with E-state index in [0.29, 0.717) is 46.2 Å². The van der Waals surface area contributed by atoms with Crippen molar-refractivity contribution in [1.29, 1.82) is 0 Å². The van der Waals surface area contributed by atoms with Gasteiger partial charge in [0.25, 0.3) is 0 Å². The maximum Gasteiger partial charge on any atom is 0.0945 e. The second-order valence-corrected chi connectivity index (χ2v) is 8.70. The van der Waals surface area contributed by atoms with Crippen molar-refractivity contribution < 1.29 is 29.4 Å². The Morgan fingerprint density at radius 1 is 0.455 bits per heavy atom. The van der Waals surface area contributed by atoms with Crippen molar-refractivity contribution in [2.24, 2.45) is 0 Å². The van der Waals surface area contributed by atoms with E-state index in [1.165, 1.54) is 102 Å². The molecule has 0 aromatic rings. The SMILES string of the molecule is CCCCCCCCCCCCCCCCCCN(OCCOCCO)OCCOCCO. The third-order valence-corrected chi connectivity index (χ3v) is 5.59.